The molecule has 0 atom stereocenters. The fourth-order valence-corrected chi connectivity index (χ4v) is 1.52. The van der Waals surface area contributed by atoms with Gasteiger partial charge in [-0.05, 0) is 17.7 Å². The van der Waals surface area contributed by atoms with Crippen molar-refractivity contribution in [2.75, 3.05) is 0 Å². The van der Waals surface area contributed by atoms with Crippen LogP contribution in [0, 0.1) is 5.82 Å². The second kappa shape index (κ2) is 4.13. The monoisotopic (exact) mass is 202 g/mol. The Bertz CT molecular complexity index is 431. The van der Waals surface area contributed by atoms with Gasteiger partial charge in [0.15, 0.2) is 0 Å². The highest BCUT2D eigenvalue weighted by Crippen LogP contribution is 2.22. The summed E-state index contributed by atoms with van der Waals surface area (Å²) in [5.41, 5.74) is 1.33. The number of rotatable bonds is 2. The summed E-state index contributed by atoms with van der Waals surface area (Å²) < 4.78 is 13.4. The van der Waals surface area contributed by atoms with E-state index in [0.29, 0.717) is 12.0 Å². The minimum absolute atomic E-state index is 0.0128. The van der Waals surface area contributed by atoms with E-state index in [1.54, 1.807) is 0 Å². The molecule has 0 aromatic heterocycles. The minimum Gasteiger partial charge on any atom is -0.508 e. The zero-order chi connectivity index (χ0) is 10.7. The Kier molecular flexibility index (Phi) is 2.68. The van der Waals surface area contributed by atoms with Gasteiger partial charge >= 0.3 is 0 Å². The van der Waals surface area contributed by atoms with Crippen LogP contribution in [0.25, 0.3) is 0 Å². The van der Waals surface area contributed by atoms with Gasteiger partial charge in [-0.3, -0.25) is 0 Å². The third-order valence-electron chi connectivity index (χ3n) is 2.32. The highest BCUT2D eigenvalue weighted by molar-refractivity contribution is 5.37. The standard InChI is InChI=1S/C13H11FO/c14-12-7-4-8-13(15)11(12)9-10-5-2-1-3-6-10/h1-8,15H,9H2. The van der Waals surface area contributed by atoms with Crippen LogP contribution in [0.3, 0.4) is 0 Å². The molecule has 0 saturated heterocycles. The first-order valence-electron chi connectivity index (χ1n) is 4.77. The molecule has 0 amide bonds. The first-order chi connectivity index (χ1) is 7.27. The highest BCUT2D eigenvalue weighted by atomic mass is 19.1. The fraction of sp³-hybridized carbons (Fsp3) is 0.0769. The molecule has 0 aliphatic carbocycles. The van der Waals surface area contributed by atoms with Crippen LogP contribution in [0.15, 0.2) is 48.5 Å². The van der Waals surface area contributed by atoms with E-state index in [9.17, 15) is 9.50 Å². The molecule has 1 N–H and O–H groups in total. The van der Waals surface area contributed by atoms with Gasteiger partial charge in [0, 0.05) is 12.0 Å². The van der Waals surface area contributed by atoms with Crippen LogP contribution in [-0.4, -0.2) is 5.11 Å². The quantitative estimate of drug-likeness (QED) is 0.793. The summed E-state index contributed by atoms with van der Waals surface area (Å²) in [6.45, 7) is 0. The largest absolute Gasteiger partial charge is 0.508 e. The summed E-state index contributed by atoms with van der Waals surface area (Å²) in [6, 6.07) is 13.9. The Hall–Kier alpha value is -1.83. The van der Waals surface area contributed by atoms with Crippen LogP contribution in [-0.2, 0) is 6.42 Å². The van der Waals surface area contributed by atoms with Crippen molar-refractivity contribution in [3.05, 3.63) is 65.5 Å². The van der Waals surface area contributed by atoms with Crippen LogP contribution < -0.4 is 0 Å². The number of benzene rings is 2. The smallest absolute Gasteiger partial charge is 0.130 e. The van der Waals surface area contributed by atoms with Crippen molar-refractivity contribution in [1.82, 2.24) is 0 Å². The Balaban J connectivity index is 2.32. The number of hydrogen-bond acceptors (Lipinski definition) is 1. The molecule has 0 heterocycles. The molecule has 0 aliphatic rings. The van der Waals surface area contributed by atoms with Gasteiger partial charge < -0.3 is 5.11 Å². The number of hydrogen-bond donors (Lipinski definition) is 1. The van der Waals surface area contributed by atoms with E-state index >= 15 is 0 Å². The average molecular weight is 202 g/mol. The van der Waals surface area contributed by atoms with Gasteiger partial charge in [0.2, 0.25) is 0 Å². The lowest BCUT2D eigenvalue weighted by Crippen LogP contribution is -1.92. The topological polar surface area (TPSA) is 20.2 Å². The summed E-state index contributed by atoms with van der Waals surface area (Å²) in [5, 5.41) is 9.51. The van der Waals surface area contributed by atoms with Crippen LogP contribution >= 0.6 is 0 Å². The molecule has 0 spiro atoms. The minimum atomic E-state index is -0.362. The maximum absolute atomic E-state index is 13.4. The van der Waals surface area contributed by atoms with Gasteiger partial charge in [-0.25, -0.2) is 4.39 Å². The van der Waals surface area contributed by atoms with Crippen molar-refractivity contribution in [2.45, 2.75) is 6.42 Å². The molecular formula is C13H11FO. The highest BCUT2D eigenvalue weighted by Gasteiger charge is 2.07. The van der Waals surface area contributed by atoms with E-state index in [1.165, 1.54) is 18.2 Å². The second-order valence-electron chi connectivity index (χ2n) is 3.40. The van der Waals surface area contributed by atoms with Gasteiger partial charge in [0.1, 0.15) is 11.6 Å². The second-order valence-corrected chi connectivity index (χ2v) is 3.40. The molecule has 1 nitrogen and oxygen atoms in total. The molecule has 0 aliphatic heterocycles. The summed E-state index contributed by atoms with van der Waals surface area (Å²) in [4.78, 5) is 0. The zero-order valence-corrected chi connectivity index (χ0v) is 8.15. The molecule has 0 fully saturated rings. The first kappa shape index (κ1) is 9.71. The molecule has 2 heteroatoms. The molecule has 2 aromatic carbocycles. The van der Waals surface area contributed by atoms with Crippen molar-refractivity contribution >= 4 is 0 Å². The van der Waals surface area contributed by atoms with Crippen LogP contribution in [0.5, 0.6) is 5.75 Å². The lowest BCUT2D eigenvalue weighted by Gasteiger charge is -2.05. The number of phenolic OH excluding ortho intramolecular Hbond substituents is 1. The fourth-order valence-electron chi connectivity index (χ4n) is 1.52. The van der Waals surface area contributed by atoms with E-state index in [1.807, 2.05) is 30.3 Å². The molecule has 0 unspecified atom stereocenters. The predicted octanol–water partition coefficient (Wildman–Crippen LogP) is 3.12. The van der Waals surface area contributed by atoms with E-state index in [2.05, 4.69) is 0 Å². The summed E-state index contributed by atoms with van der Waals surface area (Å²) in [6.07, 6.45) is 0.416. The van der Waals surface area contributed by atoms with Gasteiger partial charge in [-0.2, -0.15) is 0 Å². The number of phenols is 1. The van der Waals surface area contributed by atoms with Crippen molar-refractivity contribution in [3.63, 3.8) is 0 Å². The zero-order valence-electron chi connectivity index (χ0n) is 8.15. The van der Waals surface area contributed by atoms with Gasteiger partial charge in [0.05, 0.1) is 0 Å². The normalized spacial score (nSPS) is 10.2. The van der Waals surface area contributed by atoms with E-state index < -0.39 is 0 Å². The molecule has 0 saturated carbocycles. The molecule has 2 aromatic rings. The first-order valence-corrected chi connectivity index (χ1v) is 4.77. The van der Waals surface area contributed by atoms with Crippen molar-refractivity contribution in [1.29, 1.82) is 0 Å². The lowest BCUT2D eigenvalue weighted by atomic mass is 10.0. The van der Waals surface area contributed by atoms with Crippen molar-refractivity contribution < 1.29 is 9.50 Å². The maximum atomic E-state index is 13.4. The number of aromatic hydroxyl groups is 1. The van der Waals surface area contributed by atoms with Crippen LogP contribution in [0.2, 0.25) is 0 Å². The Morgan fingerprint density at radius 1 is 0.933 bits per heavy atom. The van der Waals surface area contributed by atoms with Gasteiger partial charge in [-0.1, -0.05) is 36.4 Å². The SMILES string of the molecule is Oc1cccc(F)c1Cc1ccccc1. The molecular weight excluding hydrogens is 191 g/mol. The molecule has 15 heavy (non-hydrogen) atoms. The maximum Gasteiger partial charge on any atom is 0.130 e. The Morgan fingerprint density at radius 2 is 1.67 bits per heavy atom. The summed E-state index contributed by atoms with van der Waals surface area (Å²) >= 11 is 0. The van der Waals surface area contributed by atoms with Crippen molar-refractivity contribution in [2.24, 2.45) is 0 Å². The Labute approximate surface area is 87.8 Å². The summed E-state index contributed by atoms with van der Waals surface area (Å²) in [7, 11) is 0. The van der Waals surface area contributed by atoms with E-state index in [0.717, 1.165) is 5.56 Å². The van der Waals surface area contributed by atoms with Gasteiger partial charge in [-0.15, -0.1) is 0 Å². The third-order valence-corrected chi connectivity index (χ3v) is 2.32. The average Bonchev–Trinajstić information content (AvgIpc) is 2.25. The molecule has 2 rings (SSSR count). The van der Waals surface area contributed by atoms with Crippen molar-refractivity contribution in [3.8, 4) is 5.75 Å². The molecule has 0 bridgehead atoms. The lowest BCUT2D eigenvalue weighted by molar-refractivity contribution is 0.460. The van der Waals surface area contributed by atoms with Gasteiger partial charge in [0.25, 0.3) is 0 Å². The molecule has 76 valence electrons. The summed E-state index contributed by atoms with van der Waals surface area (Å²) in [5.74, 6) is -0.349. The Morgan fingerprint density at radius 3 is 2.33 bits per heavy atom. The van der Waals surface area contributed by atoms with Crippen LogP contribution in [0.1, 0.15) is 11.1 Å². The third kappa shape index (κ3) is 2.15. The van der Waals surface area contributed by atoms with Crippen LogP contribution in [0.4, 0.5) is 4.39 Å². The predicted molar refractivity (Wildman–Crippen MR) is 57.3 cm³/mol. The molecule has 0 radical (unpaired) electrons. The number of halogens is 1. The van der Waals surface area contributed by atoms with E-state index in [-0.39, 0.29) is 11.6 Å². The van der Waals surface area contributed by atoms with E-state index in [4.69, 9.17) is 0 Å².